The smallest absolute Gasteiger partial charge is 0.336 e. The molecule has 1 rings (SSSR count). The Hall–Kier alpha value is -1.78. The second-order valence-corrected chi connectivity index (χ2v) is 4.59. The van der Waals surface area contributed by atoms with Crippen LogP contribution in [0.4, 0.5) is 0 Å². The van der Waals surface area contributed by atoms with Crippen LogP contribution in [0.1, 0.15) is 34.1 Å². The number of rotatable bonds is 4. The summed E-state index contributed by atoms with van der Waals surface area (Å²) in [5, 5.41) is 2.77. The van der Waals surface area contributed by atoms with Gasteiger partial charge in [-0.05, 0) is 27.7 Å². The third-order valence-corrected chi connectivity index (χ3v) is 2.11. The average molecular weight is 253 g/mol. The van der Waals surface area contributed by atoms with Crippen molar-refractivity contribution in [1.29, 1.82) is 0 Å². The lowest BCUT2D eigenvalue weighted by Crippen LogP contribution is -2.22. The van der Waals surface area contributed by atoms with Crippen molar-refractivity contribution in [3.05, 3.63) is 23.5 Å². The summed E-state index contributed by atoms with van der Waals surface area (Å²) in [6.07, 6.45) is 2.93. The van der Waals surface area contributed by atoms with E-state index in [0.29, 0.717) is 11.1 Å². The fourth-order valence-corrected chi connectivity index (χ4v) is 1.39. The molecular formula is C13H19NO4. The van der Waals surface area contributed by atoms with Gasteiger partial charge in [0.2, 0.25) is 0 Å². The van der Waals surface area contributed by atoms with Crippen LogP contribution in [0.2, 0.25) is 0 Å². The predicted octanol–water partition coefficient (Wildman–Crippen LogP) is 1.65. The SMILES string of the molecule is CC(C)OC(=O)C1=CNC=C(C(=O)OC(C)C)C1. The molecule has 0 spiro atoms. The van der Waals surface area contributed by atoms with Crippen molar-refractivity contribution >= 4 is 11.9 Å². The van der Waals surface area contributed by atoms with Gasteiger partial charge in [-0.2, -0.15) is 0 Å². The van der Waals surface area contributed by atoms with E-state index in [1.54, 1.807) is 27.7 Å². The van der Waals surface area contributed by atoms with Crippen LogP contribution >= 0.6 is 0 Å². The van der Waals surface area contributed by atoms with E-state index in [1.165, 1.54) is 12.4 Å². The molecule has 0 radical (unpaired) electrons. The van der Waals surface area contributed by atoms with E-state index in [4.69, 9.17) is 9.47 Å². The summed E-state index contributed by atoms with van der Waals surface area (Å²) in [6, 6.07) is 0. The highest BCUT2D eigenvalue weighted by Gasteiger charge is 2.22. The lowest BCUT2D eigenvalue weighted by Gasteiger charge is -2.16. The van der Waals surface area contributed by atoms with Crippen LogP contribution in [0.5, 0.6) is 0 Å². The quantitative estimate of drug-likeness (QED) is 0.772. The Morgan fingerprint density at radius 2 is 1.39 bits per heavy atom. The van der Waals surface area contributed by atoms with Gasteiger partial charge in [-0.25, -0.2) is 9.59 Å². The fraction of sp³-hybridized carbons (Fsp3) is 0.538. The molecule has 0 aliphatic carbocycles. The van der Waals surface area contributed by atoms with Crippen molar-refractivity contribution in [3.8, 4) is 0 Å². The van der Waals surface area contributed by atoms with E-state index < -0.39 is 11.9 Å². The number of ether oxygens (including phenoxy) is 2. The third-order valence-electron chi connectivity index (χ3n) is 2.11. The maximum absolute atomic E-state index is 11.7. The van der Waals surface area contributed by atoms with Gasteiger partial charge in [-0.3, -0.25) is 0 Å². The first-order valence-corrected chi connectivity index (χ1v) is 5.96. The van der Waals surface area contributed by atoms with Crippen LogP contribution in [0.3, 0.4) is 0 Å². The lowest BCUT2D eigenvalue weighted by molar-refractivity contribution is -0.143. The number of hydrogen-bond acceptors (Lipinski definition) is 5. The molecule has 0 unspecified atom stereocenters. The van der Waals surface area contributed by atoms with Crippen molar-refractivity contribution < 1.29 is 19.1 Å². The van der Waals surface area contributed by atoms with Crippen molar-refractivity contribution in [2.45, 2.75) is 46.3 Å². The van der Waals surface area contributed by atoms with Gasteiger partial charge in [0, 0.05) is 18.8 Å². The van der Waals surface area contributed by atoms with E-state index in [-0.39, 0.29) is 18.6 Å². The van der Waals surface area contributed by atoms with Crippen molar-refractivity contribution in [1.82, 2.24) is 5.32 Å². The summed E-state index contributed by atoms with van der Waals surface area (Å²) in [6.45, 7) is 7.11. The van der Waals surface area contributed by atoms with Gasteiger partial charge in [-0.1, -0.05) is 0 Å². The van der Waals surface area contributed by atoms with Gasteiger partial charge >= 0.3 is 11.9 Å². The molecule has 18 heavy (non-hydrogen) atoms. The first kappa shape index (κ1) is 14.3. The molecule has 0 atom stereocenters. The summed E-state index contributed by atoms with van der Waals surface area (Å²) < 4.78 is 10.1. The highest BCUT2D eigenvalue weighted by molar-refractivity contribution is 5.95. The molecule has 0 aromatic rings. The van der Waals surface area contributed by atoms with Crippen LogP contribution in [-0.2, 0) is 19.1 Å². The molecule has 0 bridgehead atoms. The molecule has 0 fully saturated rings. The molecule has 1 aliphatic rings. The van der Waals surface area contributed by atoms with Crippen LogP contribution in [0, 0.1) is 0 Å². The summed E-state index contributed by atoms with van der Waals surface area (Å²) in [5.74, 6) is -0.833. The molecule has 0 amide bonds. The summed E-state index contributed by atoms with van der Waals surface area (Å²) in [7, 11) is 0. The molecule has 100 valence electrons. The molecule has 0 aromatic carbocycles. The molecule has 0 aromatic heterocycles. The molecule has 0 saturated heterocycles. The number of carbonyl (C=O) groups excluding carboxylic acids is 2. The minimum atomic E-state index is -0.416. The Morgan fingerprint density at radius 1 is 1.00 bits per heavy atom. The van der Waals surface area contributed by atoms with Crippen molar-refractivity contribution in [2.75, 3.05) is 0 Å². The molecular weight excluding hydrogens is 234 g/mol. The number of nitrogens with one attached hydrogen (secondary N) is 1. The molecule has 1 N–H and O–H groups in total. The first-order valence-electron chi connectivity index (χ1n) is 5.96. The number of carbonyl (C=O) groups is 2. The molecule has 0 saturated carbocycles. The van der Waals surface area contributed by atoms with E-state index in [9.17, 15) is 9.59 Å². The number of hydrogen-bond donors (Lipinski definition) is 1. The summed E-state index contributed by atoms with van der Waals surface area (Å²) in [5.41, 5.74) is 0.837. The Bertz CT molecular complexity index is 358. The highest BCUT2D eigenvalue weighted by atomic mass is 16.5. The molecule has 5 nitrogen and oxygen atoms in total. The molecule has 1 aliphatic heterocycles. The average Bonchev–Trinajstić information content (AvgIpc) is 2.27. The van der Waals surface area contributed by atoms with Gasteiger partial charge in [0.1, 0.15) is 0 Å². The van der Waals surface area contributed by atoms with Gasteiger partial charge in [0.05, 0.1) is 23.4 Å². The zero-order valence-electron chi connectivity index (χ0n) is 11.1. The zero-order chi connectivity index (χ0) is 13.7. The minimum Gasteiger partial charge on any atom is -0.460 e. The topological polar surface area (TPSA) is 64.6 Å². The second kappa shape index (κ2) is 6.23. The Morgan fingerprint density at radius 3 is 1.72 bits per heavy atom. The Balaban J connectivity index is 2.61. The lowest BCUT2D eigenvalue weighted by atomic mass is 10.1. The highest BCUT2D eigenvalue weighted by Crippen LogP contribution is 2.17. The first-order chi connectivity index (χ1) is 8.40. The van der Waals surface area contributed by atoms with E-state index in [1.807, 2.05) is 0 Å². The van der Waals surface area contributed by atoms with E-state index in [2.05, 4.69) is 5.32 Å². The summed E-state index contributed by atoms with van der Waals surface area (Å²) >= 11 is 0. The minimum absolute atomic E-state index is 0.185. The Kier molecular flexibility index (Phi) is 4.95. The number of dihydropyridines is 1. The standard InChI is InChI=1S/C13H19NO4/c1-8(2)17-12(15)10-5-11(7-14-6-10)13(16)18-9(3)4/h6-9,14H,5H2,1-4H3. The van der Waals surface area contributed by atoms with Gasteiger partial charge in [0.25, 0.3) is 0 Å². The van der Waals surface area contributed by atoms with Crippen LogP contribution in [0.15, 0.2) is 23.5 Å². The Labute approximate surface area is 107 Å². The van der Waals surface area contributed by atoms with Crippen molar-refractivity contribution in [2.24, 2.45) is 0 Å². The molecule has 5 heteroatoms. The predicted molar refractivity (Wildman–Crippen MR) is 66.4 cm³/mol. The van der Waals surface area contributed by atoms with Gasteiger partial charge in [-0.15, -0.1) is 0 Å². The third kappa shape index (κ3) is 4.24. The summed E-state index contributed by atoms with van der Waals surface area (Å²) in [4.78, 5) is 23.4. The van der Waals surface area contributed by atoms with E-state index >= 15 is 0 Å². The van der Waals surface area contributed by atoms with Gasteiger partial charge < -0.3 is 14.8 Å². The monoisotopic (exact) mass is 253 g/mol. The zero-order valence-corrected chi connectivity index (χ0v) is 11.1. The fourth-order valence-electron chi connectivity index (χ4n) is 1.39. The van der Waals surface area contributed by atoms with Gasteiger partial charge in [0.15, 0.2) is 0 Å². The largest absolute Gasteiger partial charge is 0.460 e. The maximum Gasteiger partial charge on any atom is 0.336 e. The molecule has 1 heterocycles. The maximum atomic E-state index is 11.7. The van der Waals surface area contributed by atoms with Crippen LogP contribution in [-0.4, -0.2) is 24.1 Å². The van der Waals surface area contributed by atoms with E-state index in [0.717, 1.165) is 0 Å². The van der Waals surface area contributed by atoms with Crippen molar-refractivity contribution in [3.63, 3.8) is 0 Å². The van der Waals surface area contributed by atoms with Crippen LogP contribution < -0.4 is 5.32 Å². The normalized spacial score (nSPS) is 14.8. The van der Waals surface area contributed by atoms with Crippen LogP contribution in [0.25, 0.3) is 0 Å². The number of esters is 2. The second-order valence-electron chi connectivity index (χ2n) is 4.59.